The summed E-state index contributed by atoms with van der Waals surface area (Å²) in [5, 5.41) is 15.8. The highest BCUT2D eigenvalue weighted by Gasteiger charge is 2.19. The molecule has 2 aromatic rings. The monoisotopic (exact) mass is 562 g/mol. The van der Waals surface area contributed by atoms with Crippen LogP contribution >= 0.6 is 24.0 Å². The number of aliphatic hydroxyl groups is 1. The number of hydrogen-bond donors (Lipinski definition) is 3. The molecule has 0 radical (unpaired) electrons. The van der Waals surface area contributed by atoms with Crippen LogP contribution in [0, 0.1) is 17.5 Å². The van der Waals surface area contributed by atoms with Crippen molar-refractivity contribution < 1.29 is 18.3 Å². The topological polar surface area (TPSA) is 59.9 Å². The first-order valence-corrected chi connectivity index (χ1v) is 10.6. The number of halogens is 4. The molecule has 1 aliphatic heterocycles. The lowest BCUT2D eigenvalue weighted by Crippen LogP contribution is -2.38. The van der Waals surface area contributed by atoms with Crippen LogP contribution in [0.1, 0.15) is 30.9 Å². The van der Waals surface area contributed by atoms with Gasteiger partial charge in [0.2, 0.25) is 0 Å². The van der Waals surface area contributed by atoms with Crippen LogP contribution in [0.5, 0.6) is 0 Å². The predicted molar refractivity (Wildman–Crippen MR) is 132 cm³/mol. The van der Waals surface area contributed by atoms with Crippen molar-refractivity contribution in [3.05, 3.63) is 65.0 Å². The third-order valence-electron chi connectivity index (χ3n) is 5.28. The number of hydrogen-bond acceptors (Lipinski definition) is 3. The molecule has 0 aliphatic carbocycles. The van der Waals surface area contributed by atoms with Gasteiger partial charge in [0.25, 0.3) is 0 Å². The average molecular weight is 562 g/mol. The molecule has 3 N–H and O–H groups in total. The molecule has 0 spiro atoms. The number of benzene rings is 2. The lowest BCUT2D eigenvalue weighted by Gasteiger charge is -2.31. The van der Waals surface area contributed by atoms with Gasteiger partial charge < -0.3 is 20.6 Å². The fourth-order valence-corrected chi connectivity index (χ4v) is 3.57. The lowest BCUT2D eigenvalue weighted by atomic mass is 10.1. The molecular formula is C23H30F3IN4O. The minimum absolute atomic E-state index is 0. The number of nitrogens with one attached hydrogen (secondary N) is 2. The molecule has 3 rings (SSSR count). The quantitative estimate of drug-likeness (QED) is 0.272. The van der Waals surface area contributed by atoms with Gasteiger partial charge in [-0.25, -0.2) is 18.2 Å². The maximum atomic E-state index is 14.6. The molecule has 9 heteroatoms. The molecule has 0 atom stereocenters. The normalized spacial score (nSPS) is 14.8. The van der Waals surface area contributed by atoms with Gasteiger partial charge in [0.05, 0.1) is 18.3 Å². The van der Waals surface area contributed by atoms with Crippen molar-refractivity contribution in [2.75, 3.05) is 31.1 Å². The largest absolute Gasteiger partial charge is 0.393 e. The third kappa shape index (κ3) is 7.54. The zero-order chi connectivity index (χ0) is 22.2. The van der Waals surface area contributed by atoms with E-state index in [4.69, 9.17) is 0 Å². The summed E-state index contributed by atoms with van der Waals surface area (Å²) < 4.78 is 41.7. The van der Waals surface area contributed by atoms with Crippen molar-refractivity contribution in [2.24, 2.45) is 4.99 Å². The van der Waals surface area contributed by atoms with E-state index in [0.29, 0.717) is 62.7 Å². The minimum Gasteiger partial charge on any atom is -0.393 e. The number of guanidine groups is 1. The maximum absolute atomic E-state index is 14.6. The summed E-state index contributed by atoms with van der Waals surface area (Å²) in [5.74, 6) is -0.690. The van der Waals surface area contributed by atoms with Crippen molar-refractivity contribution in [3.63, 3.8) is 0 Å². The minimum atomic E-state index is -0.469. The Hall–Kier alpha value is -2.01. The zero-order valence-corrected chi connectivity index (χ0v) is 20.4. The van der Waals surface area contributed by atoms with Crippen molar-refractivity contribution in [3.8, 4) is 0 Å². The number of aliphatic imine (C=N–C) groups is 1. The van der Waals surface area contributed by atoms with E-state index >= 15 is 0 Å². The second kappa shape index (κ2) is 12.9. The summed E-state index contributed by atoms with van der Waals surface area (Å²) in [6, 6.07) is 8.48. The molecular weight excluding hydrogens is 532 g/mol. The predicted octanol–water partition coefficient (Wildman–Crippen LogP) is 3.98. The fraction of sp³-hybridized carbons (Fsp3) is 0.435. The SMILES string of the molecule is CCNC(=NCc1ccc(N2CCC(O)CC2)c(F)c1)NCCc1cc(F)ccc1F.I. The van der Waals surface area contributed by atoms with E-state index in [-0.39, 0.29) is 42.4 Å². The maximum Gasteiger partial charge on any atom is 0.191 e. The van der Waals surface area contributed by atoms with E-state index in [2.05, 4.69) is 15.6 Å². The molecule has 176 valence electrons. The second-order valence-electron chi connectivity index (χ2n) is 7.61. The molecule has 0 saturated carbocycles. The first-order chi connectivity index (χ1) is 15.0. The van der Waals surface area contributed by atoms with Crippen molar-refractivity contribution in [1.29, 1.82) is 0 Å². The van der Waals surface area contributed by atoms with E-state index in [9.17, 15) is 18.3 Å². The highest BCUT2D eigenvalue weighted by atomic mass is 127. The Kier molecular flexibility index (Phi) is 10.6. The highest BCUT2D eigenvalue weighted by molar-refractivity contribution is 14.0. The number of anilines is 1. The molecule has 1 fully saturated rings. The van der Waals surface area contributed by atoms with Crippen LogP contribution in [0.3, 0.4) is 0 Å². The van der Waals surface area contributed by atoms with Gasteiger partial charge in [0.15, 0.2) is 5.96 Å². The van der Waals surface area contributed by atoms with Crippen LogP contribution < -0.4 is 15.5 Å². The summed E-state index contributed by atoms with van der Waals surface area (Å²) in [6.07, 6.45) is 1.29. The standard InChI is InChI=1S/C23H29F3N4O.HI/c1-2-27-23(28-10-7-17-14-18(24)4-5-20(17)25)29-15-16-3-6-22(21(26)13-16)30-11-8-19(31)9-12-30;/h3-6,13-14,19,31H,2,7-12,15H2,1H3,(H2,27,28,29);1H. The average Bonchev–Trinajstić information content (AvgIpc) is 2.75. The molecule has 0 bridgehead atoms. The molecule has 32 heavy (non-hydrogen) atoms. The Morgan fingerprint density at radius 1 is 1.06 bits per heavy atom. The van der Waals surface area contributed by atoms with E-state index in [0.717, 1.165) is 17.7 Å². The van der Waals surface area contributed by atoms with Crippen LogP contribution in [0.4, 0.5) is 18.9 Å². The summed E-state index contributed by atoms with van der Waals surface area (Å²) in [6.45, 7) is 4.48. The number of rotatable bonds is 7. The van der Waals surface area contributed by atoms with Gasteiger partial charge in [-0.05, 0) is 67.6 Å². The first-order valence-electron chi connectivity index (χ1n) is 10.6. The smallest absolute Gasteiger partial charge is 0.191 e. The van der Waals surface area contributed by atoms with Crippen LogP contribution in [0.25, 0.3) is 0 Å². The van der Waals surface area contributed by atoms with Crippen LogP contribution in [0.2, 0.25) is 0 Å². The third-order valence-corrected chi connectivity index (χ3v) is 5.28. The Bertz CT molecular complexity index is 905. The van der Waals surface area contributed by atoms with E-state index in [1.54, 1.807) is 6.07 Å². The Morgan fingerprint density at radius 3 is 2.50 bits per heavy atom. The summed E-state index contributed by atoms with van der Waals surface area (Å²) in [4.78, 5) is 6.41. The van der Waals surface area contributed by atoms with Crippen LogP contribution in [-0.2, 0) is 13.0 Å². The molecule has 0 aromatic heterocycles. The van der Waals surface area contributed by atoms with Gasteiger partial charge in [-0.1, -0.05) is 6.07 Å². The van der Waals surface area contributed by atoms with E-state index in [1.165, 1.54) is 12.1 Å². The number of aliphatic hydroxyl groups excluding tert-OH is 1. The molecule has 1 saturated heterocycles. The van der Waals surface area contributed by atoms with E-state index in [1.807, 2.05) is 17.9 Å². The molecule has 1 aliphatic rings. The van der Waals surface area contributed by atoms with Gasteiger partial charge in [-0.15, -0.1) is 24.0 Å². The lowest BCUT2D eigenvalue weighted by molar-refractivity contribution is 0.145. The van der Waals surface area contributed by atoms with E-state index < -0.39 is 11.6 Å². The van der Waals surface area contributed by atoms with Crippen LogP contribution in [-0.4, -0.2) is 43.3 Å². The summed E-state index contributed by atoms with van der Waals surface area (Å²) in [5.41, 5.74) is 1.57. The first kappa shape index (κ1) is 26.2. The Morgan fingerprint density at radius 2 is 1.81 bits per heavy atom. The Balaban J connectivity index is 0.00000363. The van der Waals surface area contributed by atoms with Crippen LogP contribution in [0.15, 0.2) is 41.4 Å². The number of piperidine rings is 1. The van der Waals surface area contributed by atoms with Gasteiger partial charge in [0.1, 0.15) is 17.5 Å². The van der Waals surface area contributed by atoms with Gasteiger partial charge >= 0.3 is 0 Å². The highest BCUT2D eigenvalue weighted by Crippen LogP contribution is 2.24. The zero-order valence-electron chi connectivity index (χ0n) is 18.1. The summed E-state index contributed by atoms with van der Waals surface area (Å²) in [7, 11) is 0. The summed E-state index contributed by atoms with van der Waals surface area (Å²) >= 11 is 0. The fourth-order valence-electron chi connectivity index (χ4n) is 3.57. The van der Waals surface area contributed by atoms with Gasteiger partial charge in [-0.3, -0.25) is 0 Å². The molecule has 5 nitrogen and oxygen atoms in total. The van der Waals surface area contributed by atoms with Crippen molar-refractivity contribution >= 4 is 35.6 Å². The van der Waals surface area contributed by atoms with Crippen molar-refractivity contribution in [2.45, 2.75) is 38.8 Å². The van der Waals surface area contributed by atoms with Crippen molar-refractivity contribution in [1.82, 2.24) is 10.6 Å². The van der Waals surface area contributed by atoms with Gasteiger partial charge in [0, 0.05) is 26.2 Å². The Labute approximate surface area is 204 Å². The number of nitrogens with zero attached hydrogens (tertiary/aromatic N) is 2. The molecule has 0 unspecified atom stereocenters. The molecule has 1 heterocycles. The van der Waals surface area contributed by atoms with Gasteiger partial charge in [-0.2, -0.15) is 0 Å². The second-order valence-corrected chi connectivity index (χ2v) is 7.61. The molecule has 0 amide bonds. The molecule has 2 aromatic carbocycles.